The maximum absolute atomic E-state index is 15.1. The number of sulfone groups is 1. The second-order valence-electron chi connectivity index (χ2n) is 9.07. The highest BCUT2D eigenvalue weighted by Crippen LogP contribution is 2.43. The van der Waals surface area contributed by atoms with E-state index >= 15 is 4.39 Å². The quantitative estimate of drug-likeness (QED) is 0.500. The lowest BCUT2D eigenvalue weighted by atomic mass is 9.83. The molecule has 2 amide bonds. The minimum atomic E-state index is -3.70. The van der Waals surface area contributed by atoms with E-state index in [-0.39, 0.29) is 59.4 Å². The summed E-state index contributed by atoms with van der Waals surface area (Å²) in [6.07, 6.45) is 1.55. The standard InChI is InChI=1S/C24H22F3N5O5S/c1-2-38(35,36)11-18(33)29-21-20(16-5-4-13(25)10-28-16)31-32-12-24(30-23(34)22(21)32)6-3-7-37-17-9-14(26)8-15(27)19(17)24/h4-5,8-10H,2-3,6-7,11-12H2,1H3,(H,29,33)(H,30,34)/t24-/m0/s1. The van der Waals surface area contributed by atoms with Gasteiger partial charge in [-0.2, -0.15) is 5.10 Å². The second-order valence-corrected chi connectivity index (χ2v) is 11.4. The van der Waals surface area contributed by atoms with Gasteiger partial charge in [-0.3, -0.25) is 19.3 Å². The molecule has 0 bridgehead atoms. The highest BCUT2D eigenvalue weighted by molar-refractivity contribution is 7.92. The van der Waals surface area contributed by atoms with Crippen LogP contribution in [0.15, 0.2) is 30.5 Å². The number of carbonyl (C=O) groups excluding carboxylic acids is 2. The lowest BCUT2D eigenvalue weighted by Gasteiger charge is -2.38. The van der Waals surface area contributed by atoms with E-state index in [1.807, 2.05) is 0 Å². The smallest absolute Gasteiger partial charge is 0.272 e. The number of nitrogens with one attached hydrogen (secondary N) is 2. The molecule has 0 aliphatic carbocycles. The number of halogens is 3. The summed E-state index contributed by atoms with van der Waals surface area (Å²) in [5, 5.41) is 9.69. The number of amides is 2. The molecule has 0 unspecified atom stereocenters. The normalized spacial score (nSPS) is 18.7. The van der Waals surface area contributed by atoms with E-state index < -0.39 is 50.4 Å². The number of rotatable bonds is 5. The van der Waals surface area contributed by atoms with Crippen LogP contribution < -0.4 is 15.4 Å². The molecule has 2 aliphatic heterocycles. The fourth-order valence-corrected chi connectivity index (χ4v) is 5.44. The third-order valence-electron chi connectivity index (χ3n) is 6.47. The predicted octanol–water partition coefficient (Wildman–Crippen LogP) is 2.55. The van der Waals surface area contributed by atoms with Crippen molar-refractivity contribution in [3.8, 4) is 17.1 Å². The molecule has 0 saturated heterocycles. The molecule has 2 N–H and O–H groups in total. The van der Waals surface area contributed by atoms with E-state index in [2.05, 4.69) is 20.7 Å². The predicted molar refractivity (Wildman–Crippen MR) is 129 cm³/mol. The number of nitrogens with zero attached hydrogens (tertiary/aromatic N) is 3. The van der Waals surface area contributed by atoms with Gasteiger partial charge < -0.3 is 15.4 Å². The van der Waals surface area contributed by atoms with E-state index in [1.54, 1.807) is 0 Å². The van der Waals surface area contributed by atoms with Crippen LogP contribution in [0.1, 0.15) is 35.8 Å². The van der Waals surface area contributed by atoms with Crippen molar-refractivity contribution in [3.05, 3.63) is 59.2 Å². The van der Waals surface area contributed by atoms with Gasteiger partial charge in [0.1, 0.15) is 40.3 Å². The number of ether oxygens (including phenoxy) is 1. The molecular weight excluding hydrogens is 527 g/mol. The minimum absolute atomic E-state index is 0.0147. The third kappa shape index (κ3) is 4.59. The number of pyridine rings is 1. The molecule has 200 valence electrons. The molecule has 2 aromatic heterocycles. The van der Waals surface area contributed by atoms with Crippen molar-refractivity contribution >= 4 is 27.3 Å². The molecule has 14 heteroatoms. The van der Waals surface area contributed by atoms with Gasteiger partial charge in [0.15, 0.2) is 15.5 Å². The van der Waals surface area contributed by atoms with E-state index in [4.69, 9.17) is 4.74 Å². The summed E-state index contributed by atoms with van der Waals surface area (Å²) in [4.78, 5) is 30.2. The average Bonchev–Trinajstić information content (AvgIpc) is 3.09. The maximum atomic E-state index is 15.1. The maximum Gasteiger partial charge on any atom is 0.272 e. The molecule has 38 heavy (non-hydrogen) atoms. The van der Waals surface area contributed by atoms with Crippen molar-refractivity contribution < 1.29 is 35.9 Å². The molecule has 3 aromatic rings. The Hall–Kier alpha value is -3.94. The average molecular weight is 550 g/mol. The van der Waals surface area contributed by atoms with Crippen molar-refractivity contribution in [1.82, 2.24) is 20.1 Å². The van der Waals surface area contributed by atoms with Crippen molar-refractivity contribution in [3.63, 3.8) is 0 Å². The summed E-state index contributed by atoms with van der Waals surface area (Å²) in [6, 6.07) is 4.14. The first-order valence-electron chi connectivity index (χ1n) is 11.7. The van der Waals surface area contributed by atoms with Gasteiger partial charge in [-0.1, -0.05) is 6.92 Å². The third-order valence-corrected chi connectivity index (χ3v) is 8.05. The van der Waals surface area contributed by atoms with Crippen LogP contribution in [0.25, 0.3) is 11.4 Å². The first-order chi connectivity index (χ1) is 18.0. The minimum Gasteiger partial charge on any atom is -0.493 e. The van der Waals surface area contributed by atoms with Gasteiger partial charge in [0.25, 0.3) is 5.91 Å². The van der Waals surface area contributed by atoms with E-state index in [9.17, 15) is 26.8 Å². The zero-order valence-corrected chi connectivity index (χ0v) is 20.9. The van der Waals surface area contributed by atoms with Gasteiger partial charge in [0, 0.05) is 17.9 Å². The number of fused-ring (bicyclic) bond motifs is 3. The van der Waals surface area contributed by atoms with Crippen molar-refractivity contribution in [2.45, 2.75) is 31.8 Å². The van der Waals surface area contributed by atoms with Crippen LogP contribution >= 0.6 is 0 Å². The largest absolute Gasteiger partial charge is 0.493 e. The lowest BCUT2D eigenvalue weighted by molar-refractivity contribution is -0.113. The Balaban J connectivity index is 1.64. The van der Waals surface area contributed by atoms with Crippen molar-refractivity contribution in [1.29, 1.82) is 0 Å². The van der Waals surface area contributed by atoms with Gasteiger partial charge in [-0.05, 0) is 25.0 Å². The van der Waals surface area contributed by atoms with E-state index in [1.165, 1.54) is 17.7 Å². The highest BCUT2D eigenvalue weighted by Gasteiger charge is 2.46. The molecule has 4 heterocycles. The van der Waals surface area contributed by atoms with Crippen LogP contribution in [0, 0.1) is 17.5 Å². The van der Waals surface area contributed by atoms with E-state index in [0.29, 0.717) is 12.5 Å². The van der Waals surface area contributed by atoms with Crippen LogP contribution in [0.4, 0.5) is 18.9 Å². The number of anilines is 1. The molecule has 1 aromatic carbocycles. The zero-order chi connectivity index (χ0) is 27.2. The highest BCUT2D eigenvalue weighted by atomic mass is 32.2. The summed E-state index contributed by atoms with van der Waals surface area (Å²) in [7, 11) is -3.70. The summed E-state index contributed by atoms with van der Waals surface area (Å²) in [5.41, 5.74) is -1.57. The Labute approximate surface area is 215 Å². The molecule has 1 atom stereocenters. The topological polar surface area (TPSA) is 132 Å². The van der Waals surface area contributed by atoms with Crippen molar-refractivity contribution in [2.75, 3.05) is 23.4 Å². The van der Waals surface area contributed by atoms with Gasteiger partial charge >= 0.3 is 0 Å². The molecule has 10 nitrogen and oxygen atoms in total. The van der Waals surface area contributed by atoms with Crippen LogP contribution in [-0.2, 0) is 26.7 Å². The van der Waals surface area contributed by atoms with Gasteiger partial charge in [-0.15, -0.1) is 0 Å². The summed E-state index contributed by atoms with van der Waals surface area (Å²) in [6.45, 7) is 1.44. The zero-order valence-electron chi connectivity index (χ0n) is 20.1. The van der Waals surface area contributed by atoms with Crippen molar-refractivity contribution in [2.24, 2.45) is 0 Å². The Kier molecular flexibility index (Phi) is 6.37. The summed E-state index contributed by atoms with van der Waals surface area (Å²) in [5.74, 6) is -5.18. The summed E-state index contributed by atoms with van der Waals surface area (Å²) < 4.78 is 73.5. The molecule has 0 radical (unpaired) electrons. The SMILES string of the molecule is CCS(=O)(=O)CC(=O)Nc1c(-c2ccc(F)cn2)nn2c1C(=O)N[C@@]1(CCCOc3cc(F)cc(F)c31)C2. The van der Waals surface area contributed by atoms with E-state index in [0.717, 1.165) is 18.3 Å². The number of aromatic nitrogens is 3. The van der Waals surface area contributed by atoms with Crippen LogP contribution in [0.3, 0.4) is 0 Å². The number of hydrogen-bond donors (Lipinski definition) is 2. The Morgan fingerprint density at radius 2 is 2.03 bits per heavy atom. The molecule has 1 spiro atoms. The first-order valence-corrected chi connectivity index (χ1v) is 13.5. The fraction of sp³-hybridized carbons (Fsp3) is 0.333. The monoisotopic (exact) mass is 549 g/mol. The molecule has 0 fully saturated rings. The Morgan fingerprint density at radius 3 is 2.74 bits per heavy atom. The molecule has 5 rings (SSSR count). The number of carbonyl (C=O) groups is 2. The number of hydrogen-bond acceptors (Lipinski definition) is 7. The number of benzene rings is 1. The summed E-state index contributed by atoms with van der Waals surface area (Å²) >= 11 is 0. The van der Waals surface area contributed by atoms with Crippen LogP contribution in [0.5, 0.6) is 5.75 Å². The Morgan fingerprint density at radius 1 is 1.24 bits per heavy atom. The molecule has 0 saturated carbocycles. The van der Waals surface area contributed by atoms with Gasteiger partial charge in [0.05, 0.1) is 36.1 Å². The Bertz CT molecular complexity index is 1560. The first kappa shape index (κ1) is 25.7. The lowest BCUT2D eigenvalue weighted by Crippen LogP contribution is -2.54. The van der Waals surface area contributed by atoms with Gasteiger partial charge in [-0.25, -0.2) is 21.6 Å². The van der Waals surface area contributed by atoms with Gasteiger partial charge in [0.2, 0.25) is 5.91 Å². The molecule has 2 aliphatic rings. The van der Waals surface area contributed by atoms with Crippen LogP contribution in [0.2, 0.25) is 0 Å². The molecular formula is C24H22F3N5O5S. The fourth-order valence-electron chi connectivity index (χ4n) is 4.76. The second kappa shape index (κ2) is 9.42. The van der Waals surface area contributed by atoms with Crippen LogP contribution in [-0.4, -0.2) is 53.1 Å².